The summed E-state index contributed by atoms with van der Waals surface area (Å²) in [5, 5.41) is 0. The Balaban J connectivity index is 3.05. The first kappa shape index (κ1) is 15.6. The fourth-order valence-electron chi connectivity index (χ4n) is 1.23. The zero-order chi connectivity index (χ0) is 14.8. The lowest BCUT2D eigenvalue weighted by Gasteiger charge is -2.09. The monoisotopic (exact) mass is 295 g/mol. The van der Waals surface area contributed by atoms with E-state index in [9.17, 15) is 26.4 Å². The molecule has 106 valence electrons. The molecular formula is C11H12F3NO3S. The SMILES string of the molecule is CC(C)C(=O)CNS(=O)(=O)c1c(F)cc(F)cc1F. The van der Waals surface area contributed by atoms with Crippen molar-refractivity contribution in [3.8, 4) is 0 Å². The Labute approximate surface area is 108 Å². The van der Waals surface area contributed by atoms with Gasteiger partial charge in [-0.15, -0.1) is 0 Å². The molecule has 0 saturated carbocycles. The molecule has 4 nitrogen and oxygen atoms in total. The highest BCUT2D eigenvalue weighted by Gasteiger charge is 2.25. The van der Waals surface area contributed by atoms with Crippen LogP contribution in [-0.4, -0.2) is 20.7 Å². The lowest BCUT2D eigenvalue weighted by atomic mass is 10.1. The van der Waals surface area contributed by atoms with Gasteiger partial charge >= 0.3 is 0 Å². The standard InChI is InChI=1S/C11H12F3NO3S/c1-6(2)10(16)5-15-19(17,18)11-8(13)3-7(12)4-9(11)14/h3-4,6,15H,5H2,1-2H3. The van der Waals surface area contributed by atoms with Crippen LogP contribution in [0.3, 0.4) is 0 Å². The minimum Gasteiger partial charge on any atom is -0.298 e. The molecule has 0 unspecified atom stereocenters. The molecule has 19 heavy (non-hydrogen) atoms. The number of halogens is 3. The summed E-state index contributed by atoms with van der Waals surface area (Å²) in [6.07, 6.45) is 0. The average Bonchev–Trinajstić information content (AvgIpc) is 2.23. The van der Waals surface area contributed by atoms with Crippen molar-refractivity contribution in [3.63, 3.8) is 0 Å². The van der Waals surface area contributed by atoms with Crippen LogP contribution in [-0.2, 0) is 14.8 Å². The largest absolute Gasteiger partial charge is 0.298 e. The lowest BCUT2D eigenvalue weighted by molar-refractivity contribution is -0.120. The van der Waals surface area contributed by atoms with E-state index in [-0.39, 0.29) is 12.1 Å². The van der Waals surface area contributed by atoms with Crippen LogP contribution in [0.25, 0.3) is 0 Å². The van der Waals surface area contributed by atoms with Crippen LogP contribution in [0.2, 0.25) is 0 Å². The number of ketones is 1. The normalized spacial score (nSPS) is 11.9. The van der Waals surface area contributed by atoms with Crippen molar-refractivity contribution < 1.29 is 26.4 Å². The third-order valence-corrected chi connectivity index (χ3v) is 3.76. The van der Waals surface area contributed by atoms with Gasteiger partial charge < -0.3 is 0 Å². The molecule has 0 aliphatic heterocycles. The summed E-state index contributed by atoms with van der Waals surface area (Å²) in [7, 11) is -4.55. The van der Waals surface area contributed by atoms with Crippen LogP contribution >= 0.6 is 0 Å². The third kappa shape index (κ3) is 3.77. The van der Waals surface area contributed by atoms with Gasteiger partial charge in [0.05, 0.1) is 6.54 Å². The highest BCUT2D eigenvalue weighted by atomic mass is 32.2. The summed E-state index contributed by atoms with van der Waals surface area (Å²) in [5.74, 6) is -5.20. The summed E-state index contributed by atoms with van der Waals surface area (Å²) < 4.78 is 64.3. The Hall–Kier alpha value is -1.41. The number of sulfonamides is 1. The Bertz CT molecular complexity index is 576. The molecule has 0 spiro atoms. The van der Waals surface area contributed by atoms with Gasteiger partial charge in [-0.2, -0.15) is 0 Å². The maximum Gasteiger partial charge on any atom is 0.246 e. The van der Waals surface area contributed by atoms with E-state index in [1.807, 2.05) is 0 Å². The second-order valence-corrected chi connectivity index (χ2v) is 5.85. The van der Waals surface area contributed by atoms with Crippen molar-refractivity contribution in [1.82, 2.24) is 4.72 Å². The predicted molar refractivity (Wildman–Crippen MR) is 61.3 cm³/mol. The number of Topliss-reactive ketones (excluding diaryl/α,β-unsaturated/α-hetero) is 1. The lowest BCUT2D eigenvalue weighted by Crippen LogP contribution is -2.32. The van der Waals surface area contributed by atoms with Crippen molar-refractivity contribution in [1.29, 1.82) is 0 Å². The molecule has 0 radical (unpaired) electrons. The minimum atomic E-state index is -4.55. The first-order chi connectivity index (χ1) is 8.65. The molecular weight excluding hydrogens is 283 g/mol. The topological polar surface area (TPSA) is 63.2 Å². The minimum absolute atomic E-state index is 0.252. The van der Waals surface area contributed by atoms with Crippen molar-refractivity contribution in [2.24, 2.45) is 5.92 Å². The van der Waals surface area contributed by atoms with Gasteiger partial charge in [-0.3, -0.25) is 4.79 Å². The number of benzene rings is 1. The van der Waals surface area contributed by atoms with Crippen LogP contribution in [0.1, 0.15) is 13.8 Å². The van der Waals surface area contributed by atoms with E-state index < -0.39 is 50.6 Å². The molecule has 0 heterocycles. The Morgan fingerprint density at radius 3 is 2.11 bits per heavy atom. The molecule has 1 aromatic rings. The molecule has 1 N–H and O–H groups in total. The highest BCUT2D eigenvalue weighted by molar-refractivity contribution is 7.89. The van der Waals surface area contributed by atoms with Gasteiger partial charge in [-0.05, 0) is 0 Å². The van der Waals surface area contributed by atoms with Crippen LogP contribution in [0.4, 0.5) is 13.2 Å². The Morgan fingerprint density at radius 1 is 1.21 bits per heavy atom. The molecule has 0 aliphatic rings. The molecule has 0 bridgehead atoms. The summed E-state index contributed by atoms with van der Waals surface area (Å²) >= 11 is 0. The second-order valence-electron chi connectivity index (χ2n) is 4.14. The van der Waals surface area contributed by atoms with Crippen molar-refractivity contribution >= 4 is 15.8 Å². The van der Waals surface area contributed by atoms with Gasteiger partial charge in [0.15, 0.2) is 4.90 Å². The second kappa shape index (κ2) is 5.70. The first-order valence-electron chi connectivity index (χ1n) is 5.32. The number of carbonyl (C=O) groups is 1. The van der Waals surface area contributed by atoms with Gasteiger partial charge in [0, 0.05) is 18.1 Å². The maximum atomic E-state index is 13.3. The van der Waals surface area contributed by atoms with E-state index in [2.05, 4.69) is 0 Å². The molecule has 0 saturated heterocycles. The maximum absolute atomic E-state index is 13.3. The molecule has 8 heteroatoms. The Morgan fingerprint density at radius 2 is 1.68 bits per heavy atom. The van der Waals surface area contributed by atoms with E-state index in [4.69, 9.17) is 0 Å². The third-order valence-electron chi connectivity index (χ3n) is 2.31. The number of carbonyl (C=O) groups excluding carboxylic acids is 1. The summed E-state index contributed by atoms with van der Waals surface area (Å²) in [4.78, 5) is 9.97. The van der Waals surface area contributed by atoms with E-state index in [0.717, 1.165) is 0 Å². The molecule has 0 aromatic heterocycles. The van der Waals surface area contributed by atoms with Crippen LogP contribution < -0.4 is 4.72 Å². The van der Waals surface area contributed by atoms with E-state index in [1.54, 1.807) is 18.6 Å². The molecule has 0 aliphatic carbocycles. The van der Waals surface area contributed by atoms with E-state index >= 15 is 0 Å². The number of hydrogen-bond donors (Lipinski definition) is 1. The average molecular weight is 295 g/mol. The zero-order valence-corrected chi connectivity index (χ0v) is 11.0. The number of rotatable bonds is 5. The molecule has 0 fully saturated rings. The molecule has 1 aromatic carbocycles. The summed E-state index contributed by atoms with van der Waals surface area (Å²) in [5.41, 5.74) is 0. The predicted octanol–water partition coefficient (Wildman–Crippen LogP) is 1.61. The zero-order valence-electron chi connectivity index (χ0n) is 10.2. The smallest absolute Gasteiger partial charge is 0.246 e. The highest BCUT2D eigenvalue weighted by Crippen LogP contribution is 2.19. The van der Waals surface area contributed by atoms with Gasteiger partial charge in [-0.25, -0.2) is 26.3 Å². The van der Waals surface area contributed by atoms with Gasteiger partial charge in [0.1, 0.15) is 23.2 Å². The van der Waals surface area contributed by atoms with Crippen molar-refractivity contribution in [2.75, 3.05) is 6.54 Å². The van der Waals surface area contributed by atoms with Crippen LogP contribution in [0.5, 0.6) is 0 Å². The van der Waals surface area contributed by atoms with Gasteiger partial charge in [0.25, 0.3) is 0 Å². The Kier molecular flexibility index (Phi) is 4.70. The fraction of sp³-hybridized carbons (Fsp3) is 0.364. The van der Waals surface area contributed by atoms with Gasteiger partial charge in [0.2, 0.25) is 10.0 Å². The van der Waals surface area contributed by atoms with Gasteiger partial charge in [-0.1, -0.05) is 13.8 Å². The van der Waals surface area contributed by atoms with Crippen molar-refractivity contribution in [3.05, 3.63) is 29.6 Å². The summed E-state index contributed by atoms with van der Waals surface area (Å²) in [6, 6.07) is 0.504. The fourth-order valence-corrected chi connectivity index (χ4v) is 2.34. The van der Waals surface area contributed by atoms with Crippen molar-refractivity contribution in [2.45, 2.75) is 18.7 Å². The quantitative estimate of drug-likeness (QED) is 0.897. The molecule has 0 atom stereocenters. The summed E-state index contributed by atoms with van der Waals surface area (Å²) in [6.45, 7) is 2.52. The van der Waals surface area contributed by atoms with Crippen LogP contribution in [0, 0.1) is 23.4 Å². The molecule has 1 rings (SSSR count). The van der Waals surface area contributed by atoms with E-state index in [0.29, 0.717) is 0 Å². The van der Waals surface area contributed by atoms with E-state index in [1.165, 1.54) is 0 Å². The first-order valence-corrected chi connectivity index (χ1v) is 6.80. The molecule has 0 amide bonds. The number of nitrogens with one attached hydrogen (secondary N) is 1. The number of hydrogen-bond acceptors (Lipinski definition) is 3. The van der Waals surface area contributed by atoms with Crippen LogP contribution in [0.15, 0.2) is 17.0 Å².